The van der Waals surface area contributed by atoms with Crippen LogP contribution in [0.25, 0.3) is 0 Å². The van der Waals surface area contributed by atoms with Gasteiger partial charge in [0.25, 0.3) is 10.0 Å². The van der Waals surface area contributed by atoms with Crippen molar-refractivity contribution >= 4 is 27.8 Å². The Morgan fingerprint density at radius 2 is 1.89 bits per heavy atom. The summed E-state index contributed by atoms with van der Waals surface area (Å²) in [4.78, 5) is 1.97. The maximum Gasteiger partial charge on any atom is 0.276 e. The zero-order chi connectivity index (χ0) is 20.7. The van der Waals surface area contributed by atoms with Crippen LogP contribution in [0.5, 0.6) is 11.5 Å². The standard InChI is InChI=1S/C19H22ClFN2O4S/c1-4-26-18-10-14(9-17(20)19(18)27-12-13(2)3)11-22-23-28(24,25)16-7-5-15(21)6-8-16/h5-11,13,23H,4,12H2,1-3H3/b22-11+. The Bertz CT molecular complexity index is 932. The quantitative estimate of drug-likeness (QED) is 0.479. The smallest absolute Gasteiger partial charge is 0.276 e. The highest BCUT2D eigenvalue weighted by atomic mass is 35.5. The second-order valence-corrected chi connectivity index (χ2v) is 8.34. The lowest BCUT2D eigenvalue weighted by Crippen LogP contribution is -2.18. The SMILES string of the molecule is CCOc1cc(/C=N/NS(=O)(=O)c2ccc(F)cc2)cc(Cl)c1OCC(C)C. The first kappa shape index (κ1) is 22.0. The highest BCUT2D eigenvalue weighted by molar-refractivity contribution is 7.89. The second kappa shape index (κ2) is 9.75. The molecule has 0 radical (unpaired) electrons. The first-order chi connectivity index (χ1) is 13.2. The molecule has 152 valence electrons. The van der Waals surface area contributed by atoms with Crippen molar-refractivity contribution in [3.05, 3.63) is 52.8 Å². The molecule has 2 aromatic rings. The minimum absolute atomic E-state index is 0.100. The van der Waals surface area contributed by atoms with E-state index in [9.17, 15) is 12.8 Å². The highest BCUT2D eigenvalue weighted by Gasteiger charge is 2.14. The molecule has 0 fully saturated rings. The number of nitrogens with zero attached hydrogens (tertiary/aromatic N) is 1. The van der Waals surface area contributed by atoms with Gasteiger partial charge in [-0.25, -0.2) is 9.22 Å². The maximum atomic E-state index is 12.9. The van der Waals surface area contributed by atoms with Gasteiger partial charge in [0.05, 0.1) is 29.3 Å². The van der Waals surface area contributed by atoms with Crippen LogP contribution in [0.2, 0.25) is 5.02 Å². The van der Waals surface area contributed by atoms with Crippen molar-refractivity contribution in [2.24, 2.45) is 11.0 Å². The zero-order valence-electron chi connectivity index (χ0n) is 15.8. The summed E-state index contributed by atoms with van der Waals surface area (Å²) in [5.74, 6) is 0.660. The Balaban J connectivity index is 2.19. The van der Waals surface area contributed by atoms with Crippen LogP contribution in [0.15, 0.2) is 46.4 Å². The lowest BCUT2D eigenvalue weighted by Gasteiger charge is -2.15. The van der Waals surface area contributed by atoms with Crippen LogP contribution in [0.4, 0.5) is 4.39 Å². The number of hydrazone groups is 1. The van der Waals surface area contributed by atoms with E-state index in [2.05, 4.69) is 9.93 Å². The molecular formula is C19H22ClFN2O4S. The predicted octanol–water partition coefficient (Wildman–Crippen LogP) is 4.23. The molecular weight excluding hydrogens is 407 g/mol. The summed E-state index contributed by atoms with van der Waals surface area (Å²) in [5.41, 5.74) is 0.521. The van der Waals surface area contributed by atoms with Gasteiger partial charge in [0, 0.05) is 0 Å². The van der Waals surface area contributed by atoms with Gasteiger partial charge in [0.1, 0.15) is 5.82 Å². The number of hydrogen-bond donors (Lipinski definition) is 1. The fourth-order valence-corrected chi connectivity index (χ4v) is 3.22. The van der Waals surface area contributed by atoms with Crippen LogP contribution >= 0.6 is 11.6 Å². The van der Waals surface area contributed by atoms with Crippen LogP contribution in [0.3, 0.4) is 0 Å². The van der Waals surface area contributed by atoms with E-state index in [0.717, 1.165) is 24.3 Å². The van der Waals surface area contributed by atoms with Gasteiger partial charge in [-0.1, -0.05) is 25.4 Å². The predicted molar refractivity (Wildman–Crippen MR) is 107 cm³/mol. The molecule has 0 amide bonds. The second-order valence-electron chi connectivity index (χ2n) is 6.27. The third-order valence-corrected chi connectivity index (χ3v) is 4.92. The largest absolute Gasteiger partial charge is 0.490 e. The topological polar surface area (TPSA) is 77.0 Å². The molecule has 0 atom stereocenters. The zero-order valence-corrected chi connectivity index (χ0v) is 17.3. The Morgan fingerprint density at radius 3 is 2.50 bits per heavy atom. The fraction of sp³-hybridized carbons (Fsp3) is 0.316. The Labute approximate surface area is 169 Å². The van der Waals surface area contributed by atoms with Crippen molar-refractivity contribution < 1.29 is 22.3 Å². The van der Waals surface area contributed by atoms with E-state index in [1.165, 1.54) is 6.21 Å². The average molecular weight is 429 g/mol. The summed E-state index contributed by atoms with van der Waals surface area (Å²) < 4.78 is 48.5. The summed E-state index contributed by atoms with van der Waals surface area (Å²) in [6, 6.07) is 7.66. The first-order valence-corrected chi connectivity index (χ1v) is 10.5. The van der Waals surface area contributed by atoms with E-state index < -0.39 is 15.8 Å². The maximum absolute atomic E-state index is 12.9. The minimum Gasteiger partial charge on any atom is -0.490 e. The molecule has 0 bridgehead atoms. The van der Waals surface area contributed by atoms with Crippen molar-refractivity contribution in [2.45, 2.75) is 25.7 Å². The number of ether oxygens (including phenoxy) is 2. The van der Waals surface area contributed by atoms with Gasteiger partial charge in [-0.2, -0.15) is 13.5 Å². The third kappa shape index (κ3) is 6.10. The van der Waals surface area contributed by atoms with Crippen molar-refractivity contribution in [3.8, 4) is 11.5 Å². The molecule has 0 unspecified atom stereocenters. The van der Waals surface area contributed by atoms with E-state index in [-0.39, 0.29) is 4.90 Å². The molecule has 1 N–H and O–H groups in total. The summed E-state index contributed by atoms with van der Waals surface area (Å²) >= 11 is 6.29. The third-order valence-electron chi connectivity index (χ3n) is 3.40. The number of rotatable bonds is 9. The molecule has 2 aromatic carbocycles. The number of benzene rings is 2. The Morgan fingerprint density at radius 1 is 1.21 bits per heavy atom. The highest BCUT2D eigenvalue weighted by Crippen LogP contribution is 2.36. The summed E-state index contributed by atoms with van der Waals surface area (Å²) in [7, 11) is -3.91. The lowest BCUT2D eigenvalue weighted by molar-refractivity contribution is 0.248. The van der Waals surface area contributed by atoms with Crippen LogP contribution in [-0.2, 0) is 10.0 Å². The Kier molecular flexibility index (Phi) is 7.65. The first-order valence-electron chi connectivity index (χ1n) is 8.62. The van der Waals surface area contributed by atoms with Gasteiger partial charge < -0.3 is 9.47 Å². The number of halogens is 2. The van der Waals surface area contributed by atoms with Crippen LogP contribution in [-0.4, -0.2) is 27.8 Å². The van der Waals surface area contributed by atoms with Gasteiger partial charge in [0.15, 0.2) is 11.5 Å². The molecule has 0 aliphatic rings. The van der Waals surface area contributed by atoms with Gasteiger partial charge >= 0.3 is 0 Å². The van der Waals surface area contributed by atoms with Crippen LogP contribution in [0, 0.1) is 11.7 Å². The van der Waals surface area contributed by atoms with Gasteiger partial charge in [0.2, 0.25) is 0 Å². The molecule has 0 aromatic heterocycles. The molecule has 0 aliphatic heterocycles. The van der Waals surface area contributed by atoms with E-state index in [1.807, 2.05) is 20.8 Å². The van der Waals surface area contributed by atoms with Gasteiger partial charge in [-0.15, -0.1) is 0 Å². The molecule has 0 spiro atoms. The average Bonchev–Trinajstić information content (AvgIpc) is 2.61. The minimum atomic E-state index is -3.91. The number of hydrogen-bond acceptors (Lipinski definition) is 5. The van der Waals surface area contributed by atoms with Crippen molar-refractivity contribution in [1.29, 1.82) is 0 Å². The molecule has 9 heteroatoms. The molecule has 0 saturated heterocycles. The van der Waals surface area contributed by atoms with E-state index in [0.29, 0.717) is 41.2 Å². The van der Waals surface area contributed by atoms with Crippen LogP contribution in [0.1, 0.15) is 26.3 Å². The van der Waals surface area contributed by atoms with Gasteiger partial charge in [-0.3, -0.25) is 0 Å². The van der Waals surface area contributed by atoms with Gasteiger partial charge in [-0.05, 0) is 54.8 Å². The normalized spacial score (nSPS) is 11.8. The number of sulfonamides is 1. The lowest BCUT2D eigenvalue weighted by atomic mass is 10.2. The van der Waals surface area contributed by atoms with Crippen LogP contribution < -0.4 is 14.3 Å². The van der Waals surface area contributed by atoms with E-state index in [1.54, 1.807) is 12.1 Å². The van der Waals surface area contributed by atoms with Crippen molar-refractivity contribution in [3.63, 3.8) is 0 Å². The monoisotopic (exact) mass is 428 g/mol. The molecule has 0 aliphatic carbocycles. The molecule has 6 nitrogen and oxygen atoms in total. The van der Waals surface area contributed by atoms with Crippen molar-refractivity contribution in [1.82, 2.24) is 4.83 Å². The molecule has 0 saturated carbocycles. The Hall–Kier alpha value is -2.32. The van der Waals surface area contributed by atoms with E-state index in [4.69, 9.17) is 21.1 Å². The van der Waals surface area contributed by atoms with Crippen molar-refractivity contribution in [2.75, 3.05) is 13.2 Å². The fourth-order valence-electron chi connectivity index (χ4n) is 2.15. The van der Waals surface area contributed by atoms with E-state index >= 15 is 0 Å². The summed E-state index contributed by atoms with van der Waals surface area (Å²) in [5, 5.41) is 4.07. The summed E-state index contributed by atoms with van der Waals surface area (Å²) in [6.45, 7) is 6.75. The summed E-state index contributed by atoms with van der Waals surface area (Å²) in [6.07, 6.45) is 1.29. The molecule has 2 rings (SSSR count). The number of nitrogens with one attached hydrogen (secondary N) is 1. The molecule has 0 heterocycles. The molecule has 28 heavy (non-hydrogen) atoms.